The first-order chi connectivity index (χ1) is 18.0. The van der Waals surface area contributed by atoms with Crippen molar-refractivity contribution in [2.75, 3.05) is 0 Å². The van der Waals surface area contributed by atoms with Crippen molar-refractivity contribution in [1.29, 1.82) is 0 Å². The molecule has 8 nitrogen and oxygen atoms in total. The summed E-state index contributed by atoms with van der Waals surface area (Å²) in [4.78, 5) is 3.96. The number of aromatic amines is 1. The smallest absolute Gasteiger partial charge is 0.392 e. The van der Waals surface area contributed by atoms with Gasteiger partial charge in [0, 0.05) is 36.0 Å². The molecule has 3 heterocycles. The number of benzene rings is 1. The third-order valence-corrected chi connectivity index (χ3v) is 7.68. The zero-order valence-electron chi connectivity index (χ0n) is 21.8. The fourth-order valence-electron chi connectivity index (χ4n) is 5.19. The molecule has 202 valence electrons. The first-order valence-corrected chi connectivity index (χ1v) is 12.9. The van der Waals surface area contributed by atoms with Gasteiger partial charge in [0.2, 0.25) is 0 Å². The van der Waals surface area contributed by atoms with Crippen LogP contribution in [0.15, 0.2) is 36.7 Å². The summed E-state index contributed by atoms with van der Waals surface area (Å²) >= 11 is 0. The Hall–Kier alpha value is -3.31. The van der Waals surface area contributed by atoms with Crippen molar-refractivity contribution in [2.45, 2.75) is 70.3 Å². The summed E-state index contributed by atoms with van der Waals surface area (Å²) in [6.45, 7) is 5.12. The minimum atomic E-state index is -4.63. The van der Waals surface area contributed by atoms with Crippen LogP contribution in [-0.2, 0) is 13.2 Å². The molecular weight excluding hydrogens is 495 g/mol. The second-order valence-corrected chi connectivity index (χ2v) is 10.4. The van der Waals surface area contributed by atoms with Crippen molar-refractivity contribution >= 4 is 10.9 Å². The summed E-state index contributed by atoms with van der Waals surface area (Å²) in [5.41, 5.74) is 1.82. The van der Waals surface area contributed by atoms with Crippen LogP contribution in [0.4, 0.5) is 13.2 Å². The molecule has 1 aliphatic rings. The normalized spacial score (nSPS) is 17.8. The number of nitrogens with zero attached hydrogens (tertiary/aromatic N) is 5. The molecule has 38 heavy (non-hydrogen) atoms. The lowest BCUT2D eigenvalue weighted by Gasteiger charge is -2.33. The molecule has 0 bridgehead atoms. The zero-order valence-corrected chi connectivity index (χ0v) is 21.8. The van der Waals surface area contributed by atoms with Crippen molar-refractivity contribution < 1.29 is 18.3 Å². The Balaban J connectivity index is 1.61. The van der Waals surface area contributed by atoms with Crippen LogP contribution in [0.1, 0.15) is 74.8 Å². The maximum absolute atomic E-state index is 13.9. The lowest BCUT2D eigenvalue weighted by atomic mass is 9.72. The van der Waals surface area contributed by atoms with Gasteiger partial charge in [-0.05, 0) is 57.2 Å². The number of hydrogen-bond acceptors (Lipinski definition) is 6. The van der Waals surface area contributed by atoms with Crippen LogP contribution in [-0.4, -0.2) is 47.2 Å². The average molecular weight is 528 g/mol. The number of aromatic nitrogens is 6. The van der Waals surface area contributed by atoms with E-state index >= 15 is 0 Å². The molecule has 5 rings (SSSR count). The molecular formula is C27H32F3N7O. The molecule has 1 aliphatic carbocycles. The molecule has 3 N–H and O–H groups in total. The third-order valence-electron chi connectivity index (χ3n) is 7.68. The Morgan fingerprint density at radius 1 is 1.16 bits per heavy atom. The molecule has 0 amide bonds. The van der Waals surface area contributed by atoms with E-state index < -0.39 is 24.0 Å². The van der Waals surface area contributed by atoms with Gasteiger partial charge in [0.05, 0.1) is 17.3 Å². The Labute approximate surface area is 218 Å². The molecule has 3 aromatic heterocycles. The van der Waals surface area contributed by atoms with Gasteiger partial charge in [-0.3, -0.25) is 5.10 Å². The van der Waals surface area contributed by atoms with Gasteiger partial charge < -0.3 is 15.0 Å². The number of pyridine rings is 1. The van der Waals surface area contributed by atoms with Crippen LogP contribution in [0.3, 0.4) is 0 Å². The number of rotatable bonds is 8. The number of alkyl halides is 3. The topological polar surface area (TPSA) is 105 Å². The van der Waals surface area contributed by atoms with Crippen molar-refractivity contribution in [3.8, 4) is 11.3 Å². The van der Waals surface area contributed by atoms with E-state index in [1.165, 1.54) is 6.42 Å². The van der Waals surface area contributed by atoms with E-state index in [-0.39, 0.29) is 17.7 Å². The van der Waals surface area contributed by atoms with E-state index in [0.717, 1.165) is 30.3 Å². The monoisotopic (exact) mass is 527 g/mol. The quantitative estimate of drug-likeness (QED) is 0.294. The zero-order chi connectivity index (χ0) is 27.2. The molecule has 1 fully saturated rings. The summed E-state index contributed by atoms with van der Waals surface area (Å²) in [5.74, 6) is 1.34. The van der Waals surface area contributed by atoms with Gasteiger partial charge in [-0.15, -0.1) is 10.2 Å². The lowest BCUT2D eigenvalue weighted by Crippen LogP contribution is -2.37. The van der Waals surface area contributed by atoms with E-state index in [2.05, 4.69) is 30.7 Å². The van der Waals surface area contributed by atoms with Gasteiger partial charge in [-0.2, -0.15) is 18.3 Å². The fourth-order valence-corrected chi connectivity index (χ4v) is 5.19. The first-order valence-electron chi connectivity index (χ1n) is 12.9. The number of aryl methyl sites for hydroxylation is 1. The Morgan fingerprint density at radius 2 is 1.92 bits per heavy atom. The van der Waals surface area contributed by atoms with E-state index in [0.29, 0.717) is 28.1 Å². The van der Waals surface area contributed by atoms with E-state index in [9.17, 15) is 18.3 Å². The largest absolute Gasteiger partial charge is 0.433 e. The van der Waals surface area contributed by atoms with E-state index in [4.69, 9.17) is 0 Å². The minimum absolute atomic E-state index is 0.0375. The summed E-state index contributed by atoms with van der Waals surface area (Å²) < 4.78 is 43.7. The number of aliphatic hydroxyl groups is 1. The highest BCUT2D eigenvalue weighted by atomic mass is 19.4. The lowest BCUT2D eigenvalue weighted by molar-refractivity contribution is -0.141. The van der Waals surface area contributed by atoms with Gasteiger partial charge in [-0.25, -0.2) is 4.98 Å². The van der Waals surface area contributed by atoms with Crippen molar-refractivity contribution in [1.82, 2.24) is 35.3 Å². The highest BCUT2D eigenvalue weighted by Crippen LogP contribution is 2.44. The number of aliphatic hydroxyl groups excluding tert-OH is 1. The molecule has 0 radical (unpaired) electrons. The molecule has 0 unspecified atom stereocenters. The van der Waals surface area contributed by atoms with Gasteiger partial charge in [-0.1, -0.05) is 24.6 Å². The summed E-state index contributed by atoms with van der Waals surface area (Å²) in [7, 11) is 1.92. The van der Waals surface area contributed by atoms with Gasteiger partial charge in [0.25, 0.3) is 0 Å². The molecule has 0 spiro atoms. The first kappa shape index (κ1) is 26.3. The predicted octanol–water partition coefficient (Wildman–Crippen LogP) is 5.12. The van der Waals surface area contributed by atoms with Gasteiger partial charge >= 0.3 is 6.18 Å². The van der Waals surface area contributed by atoms with Crippen LogP contribution in [0.25, 0.3) is 22.2 Å². The molecule has 11 heteroatoms. The molecule has 0 aliphatic heterocycles. The molecule has 1 saturated carbocycles. The van der Waals surface area contributed by atoms with Crippen molar-refractivity contribution in [2.24, 2.45) is 13.0 Å². The van der Waals surface area contributed by atoms with Crippen molar-refractivity contribution in [3.63, 3.8) is 0 Å². The number of fused-ring (bicyclic) bond motifs is 1. The molecule has 4 atom stereocenters. The predicted molar refractivity (Wildman–Crippen MR) is 137 cm³/mol. The van der Waals surface area contributed by atoms with Crippen LogP contribution in [0.2, 0.25) is 0 Å². The summed E-state index contributed by atoms with van der Waals surface area (Å²) in [6, 6.07) is 7.95. The Kier molecular flexibility index (Phi) is 6.99. The number of halogens is 3. The maximum atomic E-state index is 13.9. The number of hydrogen-bond donors (Lipinski definition) is 3. The van der Waals surface area contributed by atoms with Crippen LogP contribution in [0.5, 0.6) is 0 Å². The number of nitrogens with one attached hydrogen (secondary N) is 2. The molecule has 4 aromatic rings. The van der Waals surface area contributed by atoms with Crippen LogP contribution < -0.4 is 5.32 Å². The molecule has 0 saturated heterocycles. The van der Waals surface area contributed by atoms with E-state index in [1.54, 1.807) is 27.1 Å². The van der Waals surface area contributed by atoms with Gasteiger partial charge in [0.1, 0.15) is 23.5 Å². The fraction of sp³-hybridized carbons (Fsp3) is 0.481. The average Bonchev–Trinajstić information content (AvgIpc) is 3.46. The second-order valence-electron chi connectivity index (χ2n) is 10.4. The summed E-state index contributed by atoms with van der Waals surface area (Å²) in [5, 5.41) is 29.2. The summed E-state index contributed by atoms with van der Waals surface area (Å²) in [6.07, 6.45) is -0.281. The number of H-pyrrole nitrogens is 1. The molecule has 1 aromatic carbocycles. The second kappa shape index (κ2) is 10.1. The Morgan fingerprint density at radius 3 is 2.53 bits per heavy atom. The highest BCUT2D eigenvalue weighted by Gasteiger charge is 2.36. The Bertz CT molecular complexity index is 1420. The van der Waals surface area contributed by atoms with Gasteiger partial charge in [0.15, 0.2) is 0 Å². The van der Waals surface area contributed by atoms with Crippen LogP contribution in [0, 0.1) is 5.92 Å². The SMILES string of the molecule is C[C@H](O)[C@@H](C)N[C@H](C)c1nc(C(F)(F)F)cc2c(-c3cccc([C@H](c4nncn4C)C4CCC4)c3)n[nH]c12. The van der Waals surface area contributed by atoms with Crippen LogP contribution >= 0.6 is 0 Å². The van der Waals surface area contributed by atoms with E-state index in [1.807, 2.05) is 35.9 Å². The minimum Gasteiger partial charge on any atom is -0.392 e. The maximum Gasteiger partial charge on any atom is 0.433 e. The standard InChI is InChI=1S/C27H32F3N7O/c1-14(16(3)38)32-15(2)23-25-20(12-21(33-23)27(28,29)30)24(34-35-25)19-10-6-9-18(11-19)22(17-7-5-8-17)26-36-31-13-37(26)4/h6,9-17,22,32,38H,5,7-8H2,1-4H3,(H,34,35)/t14-,15-,16+,22-/m1/s1. The highest BCUT2D eigenvalue weighted by molar-refractivity contribution is 5.94. The third kappa shape index (κ3) is 4.92. The van der Waals surface area contributed by atoms with Crippen molar-refractivity contribution in [3.05, 3.63) is 59.4 Å².